The molecule has 110 valence electrons. The van der Waals surface area contributed by atoms with Gasteiger partial charge in [-0.25, -0.2) is 0 Å². The number of hydrogen-bond donors (Lipinski definition) is 1. The number of thioether (sulfide) groups is 1. The topological polar surface area (TPSA) is 24.4 Å². The third kappa shape index (κ3) is 3.40. The maximum Gasteiger partial charge on any atom is 0.157 e. The predicted molar refractivity (Wildman–Crippen MR) is 90.9 cm³/mol. The Kier molecular flexibility index (Phi) is 4.14. The minimum Gasteiger partial charge on any atom is -0.358 e. The molecular formula is C16H24N2S2. The smallest absolute Gasteiger partial charge is 0.157 e. The zero-order chi connectivity index (χ0) is 14.2. The molecule has 2 unspecified atom stereocenters. The van der Waals surface area contributed by atoms with E-state index in [-0.39, 0.29) is 0 Å². The highest BCUT2D eigenvalue weighted by Gasteiger charge is 2.28. The van der Waals surface area contributed by atoms with Gasteiger partial charge in [0.05, 0.1) is 12.6 Å². The average molecular weight is 309 g/mol. The van der Waals surface area contributed by atoms with Crippen LogP contribution >= 0.6 is 23.1 Å². The fraction of sp³-hybridized carbons (Fsp3) is 0.688. The maximum absolute atomic E-state index is 4.72. The van der Waals surface area contributed by atoms with E-state index in [4.69, 9.17) is 4.99 Å². The van der Waals surface area contributed by atoms with Crippen molar-refractivity contribution in [1.29, 1.82) is 0 Å². The van der Waals surface area contributed by atoms with Gasteiger partial charge in [-0.05, 0) is 48.1 Å². The molecule has 1 aromatic rings. The number of amidine groups is 1. The molecule has 2 nitrogen and oxygen atoms in total. The van der Waals surface area contributed by atoms with Gasteiger partial charge in [-0.2, -0.15) is 0 Å². The summed E-state index contributed by atoms with van der Waals surface area (Å²) in [6.45, 7) is 7.93. The second kappa shape index (κ2) is 5.72. The highest BCUT2D eigenvalue weighted by atomic mass is 32.2. The lowest BCUT2D eigenvalue weighted by Gasteiger charge is -2.25. The van der Waals surface area contributed by atoms with Crippen LogP contribution in [0.25, 0.3) is 0 Å². The SMILES string of the molecule is CC(C)(C)CC1CN=C(NC2CCCc3sccc32)S1. The predicted octanol–water partition coefficient (Wildman–Crippen LogP) is 4.62. The Labute approximate surface area is 130 Å². The van der Waals surface area contributed by atoms with E-state index in [0.717, 1.165) is 6.54 Å². The largest absolute Gasteiger partial charge is 0.358 e. The molecule has 0 radical (unpaired) electrons. The van der Waals surface area contributed by atoms with E-state index in [1.807, 2.05) is 23.1 Å². The first-order chi connectivity index (χ1) is 9.51. The molecule has 3 rings (SSSR count). The highest BCUT2D eigenvalue weighted by Crippen LogP contribution is 2.36. The molecule has 0 spiro atoms. The van der Waals surface area contributed by atoms with Gasteiger partial charge in [0.15, 0.2) is 5.17 Å². The van der Waals surface area contributed by atoms with E-state index < -0.39 is 0 Å². The summed E-state index contributed by atoms with van der Waals surface area (Å²) >= 11 is 3.86. The van der Waals surface area contributed by atoms with Crippen molar-refractivity contribution in [2.24, 2.45) is 10.4 Å². The summed E-state index contributed by atoms with van der Waals surface area (Å²) in [5.74, 6) is 0. The van der Waals surface area contributed by atoms with Crippen LogP contribution in [0.1, 0.15) is 56.5 Å². The van der Waals surface area contributed by atoms with Crippen LogP contribution in [0.5, 0.6) is 0 Å². The van der Waals surface area contributed by atoms with Crippen molar-refractivity contribution in [3.8, 4) is 0 Å². The van der Waals surface area contributed by atoms with Crippen LogP contribution in [0.3, 0.4) is 0 Å². The molecule has 1 aliphatic carbocycles. The lowest BCUT2D eigenvalue weighted by molar-refractivity contribution is 0.375. The van der Waals surface area contributed by atoms with Gasteiger partial charge in [-0.15, -0.1) is 11.3 Å². The molecule has 0 saturated carbocycles. The first kappa shape index (κ1) is 14.5. The quantitative estimate of drug-likeness (QED) is 0.862. The van der Waals surface area contributed by atoms with Crippen molar-refractivity contribution >= 4 is 28.3 Å². The van der Waals surface area contributed by atoms with Gasteiger partial charge >= 0.3 is 0 Å². The van der Waals surface area contributed by atoms with Crippen LogP contribution < -0.4 is 5.32 Å². The lowest BCUT2D eigenvalue weighted by atomic mass is 9.90. The molecular weight excluding hydrogens is 284 g/mol. The standard InChI is InChI=1S/C16H24N2S2/c1-16(2,3)9-11-10-17-15(20-11)18-13-5-4-6-14-12(13)7-8-19-14/h7-8,11,13H,4-6,9-10H2,1-3H3,(H,17,18). The summed E-state index contributed by atoms with van der Waals surface area (Å²) in [6, 6.07) is 2.79. The molecule has 0 amide bonds. The van der Waals surface area contributed by atoms with Crippen LogP contribution in [0.4, 0.5) is 0 Å². The van der Waals surface area contributed by atoms with Gasteiger partial charge in [0.2, 0.25) is 0 Å². The molecule has 2 heterocycles. The monoisotopic (exact) mass is 308 g/mol. The Morgan fingerprint density at radius 3 is 3.05 bits per heavy atom. The van der Waals surface area contributed by atoms with E-state index in [9.17, 15) is 0 Å². The Hall–Kier alpha value is -0.480. The van der Waals surface area contributed by atoms with Crippen molar-refractivity contribution in [2.75, 3.05) is 6.54 Å². The number of aryl methyl sites for hydroxylation is 1. The summed E-state index contributed by atoms with van der Waals surface area (Å²) in [4.78, 5) is 6.30. The molecule has 2 aliphatic rings. The van der Waals surface area contributed by atoms with Crippen molar-refractivity contribution in [1.82, 2.24) is 5.32 Å². The molecule has 0 bridgehead atoms. The summed E-state index contributed by atoms with van der Waals surface area (Å²) in [6.07, 6.45) is 5.04. The Morgan fingerprint density at radius 2 is 2.25 bits per heavy atom. The van der Waals surface area contributed by atoms with Crippen LogP contribution in [-0.2, 0) is 6.42 Å². The number of aliphatic imine (C=N–C) groups is 1. The molecule has 0 saturated heterocycles. The van der Waals surface area contributed by atoms with Crippen molar-refractivity contribution in [2.45, 2.75) is 57.7 Å². The molecule has 0 aromatic carbocycles. The third-order valence-corrected chi connectivity index (χ3v) is 6.02. The first-order valence-electron chi connectivity index (χ1n) is 7.55. The number of hydrogen-bond acceptors (Lipinski definition) is 4. The van der Waals surface area contributed by atoms with Crippen LogP contribution in [0.2, 0.25) is 0 Å². The third-order valence-electron chi connectivity index (χ3n) is 3.91. The van der Waals surface area contributed by atoms with Gasteiger partial charge in [0.25, 0.3) is 0 Å². The minimum absolute atomic E-state index is 0.397. The fourth-order valence-corrected chi connectivity index (χ4v) is 5.47. The summed E-state index contributed by atoms with van der Waals surface area (Å²) < 4.78 is 0. The Morgan fingerprint density at radius 1 is 1.40 bits per heavy atom. The minimum atomic E-state index is 0.397. The fourth-order valence-electron chi connectivity index (χ4n) is 3.07. The molecule has 1 aromatic heterocycles. The number of nitrogens with zero attached hydrogens (tertiary/aromatic N) is 1. The van der Waals surface area contributed by atoms with Crippen molar-refractivity contribution < 1.29 is 0 Å². The van der Waals surface area contributed by atoms with Gasteiger partial charge in [-0.1, -0.05) is 32.5 Å². The van der Waals surface area contributed by atoms with Crippen LogP contribution in [-0.4, -0.2) is 17.0 Å². The van der Waals surface area contributed by atoms with Gasteiger partial charge in [0, 0.05) is 10.1 Å². The zero-order valence-corrected chi connectivity index (χ0v) is 14.2. The lowest BCUT2D eigenvalue weighted by Crippen LogP contribution is -2.28. The maximum atomic E-state index is 4.72. The second-order valence-corrected chi connectivity index (χ2v) is 9.33. The molecule has 2 atom stereocenters. The molecule has 1 aliphatic heterocycles. The Balaban J connectivity index is 1.58. The zero-order valence-electron chi connectivity index (χ0n) is 12.6. The van der Waals surface area contributed by atoms with E-state index in [2.05, 4.69) is 37.5 Å². The summed E-state index contributed by atoms with van der Waals surface area (Å²) in [7, 11) is 0. The normalized spacial score (nSPS) is 26.2. The van der Waals surface area contributed by atoms with E-state index >= 15 is 0 Å². The Bertz CT molecular complexity index is 499. The number of nitrogens with one attached hydrogen (secondary N) is 1. The highest BCUT2D eigenvalue weighted by molar-refractivity contribution is 8.14. The van der Waals surface area contributed by atoms with Gasteiger partial charge < -0.3 is 5.32 Å². The summed E-state index contributed by atoms with van der Waals surface area (Å²) in [5, 5.41) is 7.75. The van der Waals surface area contributed by atoms with E-state index in [1.165, 1.54) is 36.4 Å². The van der Waals surface area contributed by atoms with Crippen LogP contribution in [0, 0.1) is 5.41 Å². The first-order valence-corrected chi connectivity index (χ1v) is 9.31. The van der Waals surface area contributed by atoms with Crippen molar-refractivity contribution in [3.05, 3.63) is 21.9 Å². The number of rotatable bonds is 2. The summed E-state index contributed by atoms with van der Waals surface area (Å²) in [5.41, 5.74) is 1.91. The average Bonchev–Trinajstić information content (AvgIpc) is 2.96. The molecule has 1 N–H and O–H groups in total. The molecule has 4 heteroatoms. The van der Waals surface area contributed by atoms with Gasteiger partial charge in [-0.3, -0.25) is 4.99 Å². The van der Waals surface area contributed by atoms with E-state index in [0.29, 0.717) is 16.7 Å². The molecule has 0 fully saturated rings. The van der Waals surface area contributed by atoms with Gasteiger partial charge in [0.1, 0.15) is 0 Å². The number of fused-ring (bicyclic) bond motifs is 1. The van der Waals surface area contributed by atoms with E-state index in [1.54, 1.807) is 4.88 Å². The van der Waals surface area contributed by atoms with Crippen molar-refractivity contribution in [3.63, 3.8) is 0 Å². The second-order valence-electron chi connectivity index (χ2n) is 7.04. The number of thiophene rings is 1. The molecule has 20 heavy (non-hydrogen) atoms. The van der Waals surface area contributed by atoms with Crippen LogP contribution in [0.15, 0.2) is 16.4 Å².